The fourth-order valence-electron chi connectivity index (χ4n) is 5.41. The van der Waals surface area contributed by atoms with E-state index in [0.29, 0.717) is 124 Å². The number of carbonyl (C=O) groups is 6. The van der Waals surface area contributed by atoms with Crippen LogP contribution >= 0.6 is 10.9 Å². The standard InChI is InChI=1S/C44H79N7O15S/c1-34(2)40(42(55)50-37(7-6-14-48-43(45)56)41(54)49-36-10-8-35(9-11-36)33-66-44(57)67(4)5)51-39(53)13-17-58-19-21-60-23-25-62-27-29-64-31-32-65-30-28-63-26-24-61-22-20-59-18-16-47-38(52)12-15-46-3/h8-11,34,37,40,46,67H,6-7,12-33H2,1-5H3,(H,47,52)(H,49,54)(H,50,55)(H,51,53)(H3,45,48,56)/t37-,40-/m0/s1. The zero-order chi connectivity index (χ0) is 49.3. The summed E-state index contributed by atoms with van der Waals surface area (Å²) in [6.45, 7) is 11.2. The minimum atomic E-state index is -0.997. The number of amides is 6. The first kappa shape index (κ1) is 60.8. The number of urea groups is 1. The van der Waals surface area contributed by atoms with Gasteiger partial charge >= 0.3 is 11.3 Å². The molecule has 0 heterocycles. The number of rotatable bonds is 42. The lowest BCUT2D eigenvalue weighted by Crippen LogP contribution is -2.54. The van der Waals surface area contributed by atoms with E-state index in [2.05, 4.69) is 31.9 Å². The molecule has 6 amide bonds. The van der Waals surface area contributed by atoms with Crippen molar-refractivity contribution in [1.82, 2.24) is 26.6 Å². The fraction of sp³-hybridized carbons (Fsp3) is 0.727. The van der Waals surface area contributed by atoms with Gasteiger partial charge in [0.15, 0.2) is 0 Å². The summed E-state index contributed by atoms with van der Waals surface area (Å²) >= 11 is 0. The number of ether oxygens (including phenoxy) is 9. The van der Waals surface area contributed by atoms with E-state index < -0.39 is 46.7 Å². The van der Waals surface area contributed by atoms with Gasteiger partial charge in [0.25, 0.3) is 0 Å². The van der Waals surface area contributed by atoms with Gasteiger partial charge in [-0.2, -0.15) is 10.9 Å². The number of primary amides is 1. The minimum absolute atomic E-state index is 0.00342. The molecule has 386 valence electrons. The second-order valence-electron chi connectivity index (χ2n) is 15.3. The zero-order valence-corrected chi connectivity index (χ0v) is 41.1. The lowest BCUT2D eigenvalue weighted by Gasteiger charge is -2.25. The molecule has 8 N–H and O–H groups in total. The van der Waals surface area contributed by atoms with Gasteiger partial charge in [0, 0.05) is 38.2 Å². The number of thiol groups is 1. The van der Waals surface area contributed by atoms with Gasteiger partial charge in [-0.3, -0.25) is 19.2 Å². The molecule has 0 bridgehead atoms. The van der Waals surface area contributed by atoms with E-state index in [1.165, 1.54) is 0 Å². The summed E-state index contributed by atoms with van der Waals surface area (Å²) in [7, 11) is 0.942. The first-order valence-electron chi connectivity index (χ1n) is 22.7. The molecule has 0 saturated heterocycles. The van der Waals surface area contributed by atoms with E-state index >= 15 is 0 Å². The maximum Gasteiger partial charge on any atom is 0.346 e. The van der Waals surface area contributed by atoms with Crippen molar-refractivity contribution in [2.45, 2.75) is 58.2 Å². The monoisotopic (exact) mass is 978 g/mol. The summed E-state index contributed by atoms with van der Waals surface area (Å²) in [4.78, 5) is 74.1. The normalized spacial score (nSPS) is 12.2. The molecule has 2 atom stereocenters. The van der Waals surface area contributed by atoms with Crippen LogP contribution in [0.25, 0.3) is 0 Å². The summed E-state index contributed by atoms with van der Waals surface area (Å²) in [5.74, 6) is -1.74. The highest BCUT2D eigenvalue weighted by Crippen LogP contribution is 2.19. The number of nitrogens with one attached hydrogen (secondary N) is 6. The third-order valence-corrected chi connectivity index (χ3v) is 9.92. The quantitative estimate of drug-likeness (QED) is 0.0256. The van der Waals surface area contributed by atoms with Crippen molar-refractivity contribution in [2.24, 2.45) is 11.7 Å². The highest BCUT2D eigenvalue weighted by Gasteiger charge is 2.29. The van der Waals surface area contributed by atoms with Crippen LogP contribution in [0.3, 0.4) is 0 Å². The Morgan fingerprint density at radius 3 is 1.54 bits per heavy atom. The van der Waals surface area contributed by atoms with E-state index in [-0.39, 0.29) is 56.3 Å². The minimum Gasteiger partial charge on any atom is -0.454 e. The molecule has 1 aromatic rings. The maximum absolute atomic E-state index is 13.4. The Kier molecular flexibility index (Phi) is 37.1. The highest BCUT2D eigenvalue weighted by molar-refractivity contribution is 8.28. The average Bonchev–Trinajstić information content (AvgIpc) is 3.29. The average molecular weight is 978 g/mol. The van der Waals surface area contributed by atoms with Gasteiger partial charge in [-0.1, -0.05) is 26.0 Å². The lowest BCUT2D eigenvalue weighted by molar-refractivity contribution is -0.132. The Morgan fingerprint density at radius 2 is 1.07 bits per heavy atom. The molecule has 0 aliphatic carbocycles. The summed E-state index contributed by atoms with van der Waals surface area (Å²) in [5, 5.41) is 16.2. The van der Waals surface area contributed by atoms with Crippen molar-refractivity contribution < 1.29 is 71.4 Å². The molecule has 0 aliphatic rings. The van der Waals surface area contributed by atoms with Crippen LogP contribution in [-0.4, -0.2) is 192 Å². The molecule has 0 radical (unpaired) electrons. The molecule has 22 nitrogen and oxygen atoms in total. The summed E-state index contributed by atoms with van der Waals surface area (Å²) in [5.41, 5.74) is 6.37. The van der Waals surface area contributed by atoms with Crippen molar-refractivity contribution in [1.29, 1.82) is 0 Å². The van der Waals surface area contributed by atoms with Gasteiger partial charge in [0.2, 0.25) is 23.6 Å². The number of carbonyl (C=O) groups excluding carboxylic acids is 6. The number of nitrogens with two attached hydrogens (primary N) is 1. The third kappa shape index (κ3) is 34.7. The van der Waals surface area contributed by atoms with Gasteiger partial charge in [-0.25, -0.2) is 9.59 Å². The first-order valence-corrected chi connectivity index (χ1v) is 25.0. The van der Waals surface area contributed by atoms with Gasteiger partial charge in [0.05, 0.1) is 106 Å². The maximum atomic E-state index is 13.4. The fourth-order valence-corrected chi connectivity index (χ4v) is 5.74. The Morgan fingerprint density at radius 1 is 0.582 bits per heavy atom. The van der Waals surface area contributed by atoms with E-state index in [9.17, 15) is 28.8 Å². The second kappa shape index (κ2) is 40.9. The van der Waals surface area contributed by atoms with Crippen LogP contribution in [0, 0.1) is 5.92 Å². The van der Waals surface area contributed by atoms with Crippen molar-refractivity contribution in [2.75, 3.05) is 150 Å². The molecule has 0 unspecified atom stereocenters. The Bertz CT molecular complexity index is 1500. The summed E-state index contributed by atoms with van der Waals surface area (Å²) < 4.78 is 49.1. The molecular weight excluding hydrogens is 899 g/mol. The van der Waals surface area contributed by atoms with Gasteiger partial charge in [-0.15, -0.1) is 0 Å². The Balaban J connectivity index is 2.15. The Hall–Kier alpha value is -4.17. The number of hydrogen-bond donors (Lipinski definition) is 8. The van der Waals surface area contributed by atoms with Crippen molar-refractivity contribution >= 4 is 51.5 Å². The molecule has 23 heteroatoms. The largest absolute Gasteiger partial charge is 0.454 e. The third-order valence-electron chi connectivity index (χ3n) is 9.06. The van der Waals surface area contributed by atoms with Crippen LogP contribution in [-0.2, 0) is 68.4 Å². The molecule has 1 rings (SSSR count). The molecule has 1 aromatic carbocycles. The smallest absolute Gasteiger partial charge is 0.346 e. The summed E-state index contributed by atoms with van der Waals surface area (Å²) in [6.07, 6.45) is 4.58. The first-order chi connectivity index (χ1) is 32.3. The molecule has 0 saturated carbocycles. The topological polar surface area (TPSA) is 284 Å². The Labute approximate surface area is 398 Å². The van der Waals surface area contributed by atoms with E-state index in [0.717, 1.165) is 5.56 Å². The van der Waals surface area contributed by atoms with Crippen LogP contribution in [0.2, 0.25) is 0 Å². The van der Waals surface area contributed by atoms with E-state index in [1.807, 2.05) is 12.5 Å². The predicted octanol–water partition coefficient (Wildman–Crippen LogP) is 0.845. The molecular formula is C44H79N7O15S. The molecule has 0 spiro atoms. The van der Waals surface area contributed by atoms with Crippen molar-refractivity contribution in [3.8, 4) is 0 Å². The number of benzene rings is 1. The van der Waals surface area contributed by atoms with Crippen molar-refractivity contribution in [3.63, 3.8) is 0 Å². The number of anilines is 1. The molecule has 0 fully saturated rings. The van der Waals surface area contributed by atoms with Crippen molar-refractivity contribution in [3.05, 3.63) is 29.8 Å². The van der Waals surface area contributed by atoms with E-state index in [4.69, 9.17) is 48.4 Å². The van der Waals surface area contributed by atoms with Gasteiger partial charge in [0.1, 0.15) is 18.7 Å². The molecule has 0 aromatic heterocycles. The zero-order valence-electron chi connectivity index (χ0n) is 40.2. The second-order valence-corrected chi connectivity index (χ2v) is 17.4. The number of hydrogen-bond acceptors (Lipinski definition) is 16. The van der Waals surface area contributed by atoms with Gasteiger partial charge < -0.3 is 80.3 Å². The highest BCUT2D eigenvalue weighted by atomic mass is 32.2. The SMILES string of the molecule is CNCCC(=O)NCCOCCOCCOCCOCCOCCOCCOCCOCCC(=O)N[C@H](C(=O)N[C@@H](CCCNC(N)=O)C(=O)Nc1ccc(COC(=O)[SH](C)C)cc1)C(C)C. The van der Waals surface area contributed by atoms with Crippen LogP contribution in [0.1, 0.15) is 45.1 Å². The predicted molar refractivity (Wildman–Crippen MR) is 254 cm³/mol. The van der Waals surface area contributed by atoms with E-state index in [1.54, 1.807) is 45.2 Å². The molecule has 0 aliphatic heterocycles. The van der Waals surface area contributed by atoms with Crippen LogP contribution in [0.15, 0.2) is 24.3 Å². The lowest BCUT2D eigenvalue weighted by atomic mass is 10.0. The van der Waals surface area contributed by atoms with Gasteiger partial charge in [-0.05, 0) is 56.0 Å². The van der Waals surface area contributed by atoms with Crippen LogP contribution in [0.5, 0.6) is 0 Å². The molecule has 67 heavy (non-hydrogen) atoms. The van der Waals surface area contributed by atoms with Crippen LogP contribution < -0.4 is 37.6 Å². The van der Waals surface area contributed by atoms with Crippen LogP contribution in [0.4, 0.5) is 15.3 Å². The summed E-state index contributed by atoms with van der Waals surface area (Å²) in [6, 6.07) is 4.13.